The summed E-state index contributed by atoms with van der Waals surface area (Å²) in [6.45, 7) is 3.65. The molecule has 2 aromatic carbocycles. The maximum atomic E-state index is 12.6. The Hall–Kier alpha value is -2.66. The number of likely N-dealkylation sites (tertiary alicyclic amines) is 1. The molecule has 0 N–H and O–H groups in total. The molecule has 1 fully saturated rings. The Balaban J connectivity index is 1.55. The monoisotopic (exact) mass is 364 g/mol. The first kappa shape index (κ1) is 17.7. The Bertz CT molecular complexity index is 980. The Morgan fingerprint density at radius 3 is 2.37 bits per heavy atom. The van der Waals surface area contributed by atoms with Gasteiger partial charge in [-0.2, -0.15) is 0 Å². The third-order valence-electron chi connectivity index (χ3n) is 5.30. The molecular formula is C22H24N2O3. The van der Waals surface area contributed by atoms with E-state index in [0.29, 0.717) is 23.3 Å². The van der Waals surface area contributed by atoms with Crippen molar-refractivity contribution in [2.24, 2.45) is 0 Å². The molecule has 1 aromatic heterocycles. The van der Waals surface area contributed by atoms with Crippen LogP contribution in [0.25, 0.3) is 11.1 Å². The van der Waals surface area contributed by atoms with Crippen molar-refractivity contribution >= 4 is 16.9 Å². The number of nitrogens with zero attached hydrogens (tertiary/aromatic N) is 2. The van der Waals surface area contributed by atoms with Crippen LogP contribution < -0.4 is 5.76 Å². The Morgan fingerprint density at radius 1 is 0.889 bits per heavy atom. The van der Waals surface area contributed by atoms with Gasteiger partial charge in [0.1, 0.15) is 0 Å². The predicted molar refractivity (Wildman–Crippen MR) is 105 cm³/mol. The first-order valence-corrected chi connectivity index (χ1v) is 9.68. The number of hydrogen-bond acceptors (Lipinski definition) is 4. The summed E-state index contributed by atoms with van der Waals surface area (Å²) in [5, 5.41) is 0. The topological polar surface area (TPSA) is 55.5 Å². The average Bonchev–Trinajstić information content (AvgIpc) is 2.86. The van der Waals surface area contributed by atoms with Crippen LogP contribution >= 0.6 is 0 Å². The summed E-state index contributed by atoms with van der Waals surface area (Å²) in [5.41, 5.74) is 2.37. The fraction of sp³-hybridized carbons (Fsp3) is 0.364. The Morgan fingerprint density at radius 2 is 1.63 bits per heavy atom. The van der Waals surface area contributed by atoms with Crippen LogP contribution in [0.1, 0.15) is 41.6 Å². The van der Waals surface area contributed by atoms with E-state index in [4.69, 9.17) is 4.42 Å². The normalized spacial score (nSPS) is 15.7. The lowest BCUT2D eigenvalue weighted by Crippen LogP contribution is -2.30. The zero-order valence-electron chi connectivity index (χ0n) is 15.4. The second-order valence-electron chi connectivity index (χ2n) is 7.15. The first-order valence-electron chi connectivity index (χ1n) is 9.68. The van der Waals surface area contributed by atoms with Crippen LogP contribution in [0.15, 0.2) is 57.7 Å². The van der Waals surface area contributed by atoms with Gasteiger partial charge in [-0.15, -0.1) is 0 Å². The average molecular weight is 364 g/mol. The summed E-state index contributed by atoms with van der Waals surface area (Å²) < 4.78 is 7.10. The van der Waals surface area contributed by atoms with Gasteiger partial charge in [0, 0.05) is 24.2 Å². The molecule has 0 unspecified atom stereocenters. The zero-order chi connectivity index (χ0) is 18.6. The molecule has 5 nitrogen and oxygen atoms in total. The maximum Gasteiger partial charge on any atom is 0.419 e. The summed E-state index contributed by atoms with van der Waals surface area (Å²) in [7, 11) is 0. The molecule has 0 aliphatic carbocycles. The molecule has 1 saturated heterocycles. The van der Waals surface area contributed by atoms with Crippen molar-refractivity contribution in [1.29, 1.82) is 0 Å². The quantitative estimate of drug-likeness (QED) is 0.648. The van der Waals surface area contributed by atoms with Crippen LogP contribution in [0.5, 0.6) is 0 Å². The van der Waals surface area contributed by atoms with Gasteiger partial charge in [0.25, 0.3) is 0 Å². The van der Waals surface area contributed by atoms with Gasteiger partial charge >= 0.3 is 5.76 Å². The van der Waals surface area contributed by atoms with Crippen LogP contribution in [-0.2, 0) is 6.54 Å². The van der Waals surface area contributed by atoms with E-state index in [2.05, 4.69) is 4.90 Å². The Labute approximate surface area is 158 Å². The van der Waals surface area contributed by atoms with Crippen LogP contribution in [0, 0.1) is 0 Å². The third-order valence-corrected chi connectivity index (χ3v) is 5.30. The number of benzene rings is 2. The number of aromatic nitrogens is 1. The van der Waals surface area contributed by atoms with E-state index in [0.717, 1.165) is 25.2 Å². The number of fused-ring (bicyclic) bond motifs is 1. The number of carbonyl (C=O) groups is 1. The minimum Gasteiger partial charge on any atom is -0.408 e. The lowest BCUT2D eigenvalue weighted by molar-refractivity contribution is 0.103. The minimum absolute atomic E-state index is 0.0718. The number of ketones is 1. The van der Waals surface area contributed by atoms with Gasteiger partial charge in [0.2, 0.25) is 0 Å². The van der Waals surface area contributed by atoms with E-state index < -0.39 is 0 Å². The largest absolute Gasteiger partial charge is 0.419 e. The summed E-state index contributed by atoms with van der Waals surface area (Å²) in [5.74, 6) is -0.429. The molecule has 140 valence electrons. The zero-order valence-corrected chi connectivity index (χ0v) is 15.4. The third kappa shape index (κ3) is 3.88. The lowest BCUT2D eigenvalue weighted by Gasteiger charge is -2.19. The molecule has 1 aliphatic rings. The van der Waals surface area contributed by atoms with Crippen molar-refractivity contribution in [2.45, 2.75) is 32.2 Å². The molecule has 0 atom stereocenters. The molecular weight excluding hydrogens is 340 g/mol. The fourth-order valence-electron chi connectivity index (χ4n) is 3.78. The van der Waals surface area contributed by atoms with Gasteiger partial charge in [-0.25, -0.2) is 4.79 Å². The van der Waals surface area contributed by atoms with Gasteiger partial charge in [-0.3, -0.25) is 9.36 Å². The van der Waals surface area contributed by atoms with Gasteiger partial charge in [0.05, 0.1) is 5.52 Å². The van der Waals surface area contributed by atoms with Crippen LogP contribution in [0.2, 0.25) is 0 Å². The number of rotatable bonds is 5. The second-order valence-corrected chi connectivity index (χ2v) is 7.15. The highest BCUT2D eigenvalue weighted by Gasteiger charge is 2.15. The van der Waals surface area contributed by atoms with E-state index in [9.17, 15) is 9.59 Å². The van der Waals surface area contributed by atoms with E-state index in [1.807, 2.05) is 24.3 Å². The van der Waals surface area contributed by atoms with Crippen molar-refractivity contribution in [3.63, 3.8) is 0 Å². The van der Waals surface area contributed by atoms with Crippen molar-refractivity contribution < 1.29 is 9.21 Å². The highest BCUT2D eigenvalue weighted by molar-refractivity contribution is 6.10. The van der Waals surface area contributed by atoms with Crippen LogP contribution in [0.3, 0.4) is 0 Å². The minimum atomic E-state index is -0.357. The second kappa shape index (κ2) is 7.92. The number of oxazole rings is 1. The molecule has 1 aliphatic heterocycles. The smallest absolute Gasteiger partial charge is 0.408 e. The molecule has 2 heterocycles. The number of carbonyl (C=O) groups excluding carboxylic acids is 1. The van der Waals surface area contributed by atoms with Gasteiger partial charge in [-0.1, -0.05) is 43.2 Å². The predicted octanol–water partition coefficient (Wildman–Crippen LogP) is 3.70. The van der Waals surface area contributed by atoms with E-state index in [-0.39, 0.29) is 11.5 Å². The fourth-order valence-corrected chi connectivity index (χ4v) is 3.78. The summed E-state index contributed by atoms with van der Waals surface area (Å²) in [6, 6.07) is 14.4. The summed E-state index contributed by atoms with van der Waals surface area (Å²) >= 11 is 0. The highest BCUT2D eigenvalue weighted by atomic mass is 16.4. The maximum absolute atomic E-state index is 12.6. The standard InChI is InChI=1S/C22H24N2O3/c25-21(17-8-4-3-5-9-17)18-10-11-19-20(16-18)27-22(26)24(19)15-14-23-12-6-1-2-7-13-23/h3-5,8-11,16H,1-2,6-7,12-15H2. The van der Waals surface area contributed by atoms with Crippen LogP contribution in [-0.4, -0.2) is 34.9 Å². The van der Waals surface area contributed by atoms with Gasteiger partial charge in [-0.05, 0) is 44.1 Å². The van der Waals surface area contributed by atoms with Crippen molar-refractivity contribution in [1.82, 2.24) is 9.47 Å². The molecule has 0 amide bonds. The van der Waals surface area contributed by atoms with E-state index in [1.54, 1.807) is 28.8 Å². The van der Waals surface area contributed by atoms with E-state index in [1.165, 1.54) is 25.7 Å². The molecule has 3 aromatic rings. The molecule has 4 rings (SSSR count). The number of hydrogen-bond donors (Lipinski definition) is 0. The summed E-state index contributed by atoms with van der Waals surface area (Å²) in [6.07, 6.45) is 5.05. The van der Waals surface area contributed by atoms with Gasteiger partial charge < -0.3 is 9.32 Å². The first-order chi connectivity index (χ1) is 13.2. The van der Waals surface area contributed by atoms with Gasteiger partial charge in [0.15, 0.2) is 11.4 Å². The molecule has 0 saturated carbocycles. The van der Waals surface area contributed by atoms with Crippen molar-refractivity contribution in [3.8, 4) is 0 Å². The van der Waals surface area contributed by atoms with Crippen molar-refractivity contribution in [2.75, 3.05) is 19.6 Å². The molecule has 5 heteroatoms. The molecule has 0 radical (unpaired) electrons. The lowest BCUT2D eigenvalue weighted by atomic mass is 10.0. The van der Waals surface area contributed by atoms with E-state index >= 15 is 0 Å². The Kier molecular flexibility index (Phi) is 5.21. The molecule has 27 heavy (non-hydrogen) atoms. The van der Waals surface area contributed by atoms with Crippen LogP contribution in [0.4, 0.5) is 0 Å². The SMILES string of the molecule is O=C(c1ccccc1)c1ccc2c(c1)oc(=O)n2CCN1CCCCCC1. The summed E-state index contributed by atoms with van der Waals surface area (Å²) in [4.78, 5) is 27.4. The highest BCUT2D eigenvalue weighted by Crippen LogP contribution is 2.18. The molecule has 0 bridgehead atoms. The van der Waals surface area contributed by atoms with Crippen molar-refractivity contribution in [3.05, 3.63) is 70.2 Å². The molecule has 0 spiro atoms.